The molecule has 0 aliphatic heterocycles. The number of halogens is 2. The van der Waals surface area contributed by atoms with Gasteiger partial charge in [0.05, 0.1) is 22.3 Å². The molecule has 0 bridgehead atoms. The Kier molecular flexibility index (Phi) is 4.36. The van der Waals surface area contributed by atoms with Crippen molar-refractivity contribution in [2.45, 2.75) is 0 Å². The number of benzene rings is 2. The van der Waals surface area contributed by atoms with Gasteiger partial charge >= 0.3 is 0 Å². The summed E-state index contributed by atoms with van der Waals surface area (Å²) in [6.07, 6.45) is 3.46. The summed E-state index contributed by atoms with van der Waals surface area (Å²) in [4.78, 5) is 0. The lowest BCUT2D eigenvalue weighted by molar-refractivity contribution is 0.481. The normalized spacial score (nSPS) is 10.9. The summed E-state index contributed by atoms with van der Waals surface area (Å²) in [7, 11) is 1.82. The third kappa shape index (κ3) is 3.29. The smallest absolute Gasteiger partial charge is 0.251 e. The zero-order chi connectivity index (χ0) is 18.1. The van der Waals surface area contributed by atoms with Crippen molar-refractivity contribution in [3.8, 4) is 34.4 Å². The van der Waals surface area contributed by atoms with Crippen LogP contribution in [0.3, 0.4) is 0 Å². The molecule has 26 heavy (non-hydrogen) atoms. The third-order valence-corrected chi connectivity index (χ3v) is 4.14. The lowest BCUT2D eigenvalue weighted by Crippen LogP contribution is -1.89. The highest BCUT2D eigenvalue weighted by Gasteiger charge is 2.16. The largest absolute Gasteiger partial charge is 0.455 e. The van der Waals surface area contributed by atoms with Gasteiger partial charge in [-0.3, -0.25) is 4.68 Å². The molecule has 2 heterocycles. The summed E-state index contributed by atoms with van der Waals surface area (Å²) in [5.41, 5.74) is 1.39. The number of aromatic nitrogens is 4. The molecule has 2 aromatic heterocycles. The molecule has 0 amide bonds. The highest BCUT2D eigenvalue weighted by molar-refractivity contribution is 6.35. The van der Waals surface area contributed by atoms with Gasteiger partial charge in [-0.1, -0.05) is 35.3 Å². The zero-order valence-corrected chi connectivity index (χ0v) is 15.1. The summed E-state index contributed by atoms with van der Waals surface area (Å²) < 4.78 is 13.4. The first kappa shape index (κ1) is 16.6. The van der Waals surface area contributed by atoms with E-state index >= 15 is 0 Å². The summed E-state index contributed by atoms with van der Waals surface area (Å²) >= 11 is 12.1. The molecular formula is C18H12Cl2N4O2. The molecule has 0 fully saturated rings. The number of rotatable bonds is 4. The number of aryl methyl sites for hydroxylation is 1. The molecule has 0 saturated heterocycles. The first-order valence-corrected chi connectivity index (χ1v) is 8.40. The topological polar surface area (TPSA) is 66.0 Å². The van der Waals surface area contributed by atoms with Gasteiger partial charge in [0.15, 0.2) is 0 Å². The minimum absolute atomic E-state index is 0.338. The van der Waals surface area contributed by atoms with Crippen molar-refractivity contribution in [2.75, 3.05) is 0 Å². The number of nitrogens with zero attached hydrogens (tertiary/aromatic N) is 4. The maximum absolute atomic E-state index is 6.19. The minimum Gasteiger partial charge on any atom is -0.455 e. The van der Waals surface area contributed by atoms with Gasteiger partial charge in [-0.25, -0.2) is 0 Å². The first-order chi connectivity index (χ1) is 12.6. The average molecular weight is 387 g/mol. The SMILES string of the molecule is Cn1cc(-c2nnc(-c3ccccc3Oc3ccc(Cl)cc3Cl)o2)cn1. The van der Waals surface area contributed by atoms with Crippen LogP contribution in [-0.4, -0.2) is 20.0 Å². The molecule has 0 aliphatic carbocycles. The standard InChI is InChI=1S/C18H12Cl2N4O2/c1-24-10-11(9-21-24)17-22-23-18(26-17)13-4-2-3-5-15(13)25-16-7-6-12(19)8-14(16)20/h2-10H,1H3. The Labute approximate surface area is 158 Å². The van der Waals surface area contributed by atoms with Crippen LogP contribution in [0.2, 0.25) is 10.0 Å². The molecule has 4 aromatic rings. The quantitative estimate of drug-likeness (QED) is 0.479. The predicted molar refractivity (Wildman–Crippen MR) is 98.5 cm³/mol. The first-order valence-electron chi connectivity index (χ1n) is 7.65. The number of ether oxygens (including phenoxy) is 1. The Hall–Kier alpha value is -2.83. The van der Waals surface area contributed by atoms with Crippen LogP contribution in [0.4, 0.5) is 0 Å². The highest BCUT2D eigenvalue weighted by Crippen LogP contribution is 2.37. The second-order valence-corrected chi connectivity index (χ2v) is 6.33. The van der Waals surface area contributed by atoms with Gasteiger partial charge < -0.3 is 9.15 Å². The van der Waals surface area contributed by atoms with Crippen LogP contribution in [0.15, 0.2) is 59.3 Å². The zero-order valence-electron chi connectivity index (χ0n) is 13.6. The number of hydrogen-bond acceptors (Lipinski definition) is 5. The molecule has 0 aliphatic rings. The maximum atomic E-state index is 6.19. The summed E-state index contributed by atoms with van der Waals surface area (Å²) in [6.45, 7) is 0. The Balaban J connectivity index is 1.69. The average Bonchev–Trinajstić information content (AvgIpc) is 3.27. The van der Waals surface area contributed by atoms with Crippen molar-refractivity contribution < 1.29 is 9.15 Å². The fraction of sp³-hybridized carbons (Fsp3) is 0.0556. The van der Waals surface area contributed by atoms with Crippen LogP contribution >= 0.6 is 23.2 Å². The number of para-hydroxylation sites is 1. The fourth-order valence-electron chi connectivity index (χ4n) is 2.39. The van der Waals surface area contributed by atoms with E-state index in [0.717, 1.165) is 5.56 Å². The van der Waals surface area contributed by atoms with Crippen LogP contribution in [0, 0.1) is 0 Å². The van der Waals surface area contributed by atoms with Crippen LogP contribution in [0.25, 0.3) is 22.9 Å². The molecule has 4 rings (SSSR count). The van der Waals surface area contributed by atoms with Gasteiger partial charge in [-0.15, -0.1) is 10.2 Å². The molecule has 0 spiro atoms. The lowest BCUT2D eigenvalue weighted by Gasteiger charge is -2.10. The summed E-state index contributed by atoms with van der Waals surface area (Å²) in [6, 6.07) is 12.4. The number of hydrogen-bond donors (Lipinski definition) is 0. The van der Waals surface area contributed by atoms with Crippen LogP contribution in [0.1, 0.15) is 0 Å². The Morgan fingerprint density at radius 3 is 2.58 bits per heavy atom. The van der Waals surface area contributed by atoms with Gasteiger partial charge in [-0.2, -0.15) is 5.10 Å². The Bertz CT molecular complexity index is 1070. The molecule has 0 atom stereocenters. The lowest BCUT2D eigenvalue weighted by atomic mass is 10.2. The van der Waals surface area contributed by atoms with Crippen molar-refractivity contribution in [3.63, 3.8) is 0 Å². The Morgan fingerprint density at radius 2 is 1.81 bits per heavy atom. The van der Waals surface area contributed by atoms with Crippen LogP contribution < -0.4 is 4.74 Å². The summed E-state index contributed by atoms with van der Waals surface area (Å²) in [5, 5.41) is 13.3. The van der Waals surface area contributed by atoms with E-state index in [4.69, 9.17) is 32.4 Å². The van der Waals surface area contributed by atoms with Gasteiger partial charge in [0.1, 0.15) is 11.5 Å². The van der Waals surface area contributed by atoms with E-state index in [1.54, 1.807) is 41.3 Å². The molecular weight excluding hydrogens is 375 g/mol. The van der Waals surface area contributed by atoms with Crippen molar-refractivity contribution in [1.82, 2.24) is 20.0 Å². The molecule has 0 N–H and O–H groups in total. The van der Waals surface area contributed by atoms with Gasteiger partial charge in [0.25, 0.3) is 11.8 Å². The molecule has 2 aromatic carbocycles. The van der Waals surface area contributed by atoms with Crippen molar-refractivity contribution >= 4 is 23.2 Å². The fourth-order valence-corrected chi connectivity index (χ4v) is 2.84. The van der Waals surface area contributed by atoms with E-state index in [0.29, 0.717) is 38.9 Å². The highest BCUT2D eigenvalue weighted by atomic mass is 35.5. The van der Waals surface area contributed by atoms with Crippen molar-refractivity contribution in [2.24, 2.45) is 7.05 Å². The van der Waals surface area contributed by atoms with Gasteiger partial charge in [0.2, 0.25) is 0 Å². The monoisotopic (exact) mass is 386 g/mol. The molecule has 6 nitrogen and oxygen atoms in total. The third-order valence-electron chi connectivity index (χ3n) is 3.61. The van der Waals surface area contributed by atoms with E-state index in [1.165, 1.54) is 0 Å². The van der Waals surface area contributed by atoms with Gasteiger partial charge in [-0.05, 0) is 30.3 Å². The molecule has 0 radical (unpaired) electrons. The molecule has 130 valence electrons. The van der Waals surface area contributed by atoms with E-state index in [9.17, 15) is 0 Å². The van der Waals surface area contributed by atoms with E-state index in [-0.39, 0.29) is 0 Å². The second-order valence-electron chi connectivity index (χ2n) is 5.49. The van der Waals surface area contributed by atoms with Crippen LogP contribution in [-0.2, 0) is 7.05 Å². The molecule has 0 saturated carbocycles. The Morgan fingerprint density at radius 1 is 1.00 bits per heavy atom. The van der Waals surface area contributed by atoms with Crippen LogP contribution in [0.5, 0.6) is 11.5 Å². The summed E-state index contributed by atoms with van der Waals surface area (Å²) in [5.74, 6) is 1.74. The predicted octanol–water partition coefficient (Wildman–Crippen LogP) is 5.24. The van der Waals surface area contributed by atoms with Gasteiger partial charge in [0, 0.05) is 18.3 Å². The second kappa shape index (κ2) is 6.82. The minimum atomic E-state index is 0.338. The van der Waals surface area contributed by atoms with E-state index in [2.05, 4.69) is 15.3 Å². The van der Waals surface area contributed by atoms with Crippen molar-refractivity contribution in [3.05, 3.63) is 64.9 Å². The maximum Gasteiger partial charge on any atom is 0.251 e. The molecule has 0 unspecified atom stereocenters. The van der Waals surface area contributed by atoms with E-state index in [1.807, 2.05) is 25.2 Å². The van der Waals surface area contributed by atoms with Crippen molar-refractivity contribution in [1.29, 1.82) is 0 Å². The van der Waals surface area contributed by atoms with E-state index < -0.39 is 0 Å². The molecule has 8 heteroatoms.